The Hall–Kier alpha value is -2.24. The number of carbonyl (C=O) groups is 2. The molecule has 1 rings (SSSR count). The van der Waals surface area contributed by atoms with E-state index in [1.165, 1.54) is 12.1 Å². The molecule has 96 valence electrons. The monoisotopic (exact) mass is 250 g/mol. The highest BCUT2D eigenvalue weighted by Gasteiger charge is 2.21. The lowest BCUT2D eigenvalue weighted by atomic mass is 10.1. The van der Waals surface area contributed by atoms with Crippen LogP contribution >= 0.6 is 0 Å². The van der Waals surface area contributed by atoms with Crippen molar-refractivity contribution in [3.63, 3.8) is 0 Å². The zero-order chi connectivity index (χ0) is 13.5. The fraction of sp³-hybridized carbons (Fsp3) is 0.333. The van der Waals surface area contributed by atoms with Crippen molar-refractivity contribution >= 4 is 11.8 Å². The second-order valence-electron chi connectivity index (χ2n) is 3.77. The molecule has 0 heterocycles. The van der Waals surface area contributed by atoms with Crippen LogP contribution in [0.1, 0.15) is 18.9 Å². The summed E-state index contributed by atoms with van der Waals surface area (Å²) in [7, 11) is 0. The molecule has 1 unspecified atom stereocenters. The third kappa shape index (κ3) is 3.97. The van der Waals surface area contributed by atoms with Crippen LogP contribution in [0.15, 0.2) is 29.4 Å². The van der Waals surface area contributed by atoms with Gasteiger partial charge in [-0.2, -0.15) is 0 Å². The number of nitrogens with one attached hydrogen (secondary N) is 1. The first kappa shape index (κ1) is 13.8. The van der Waals surface area contributed by atoms with Crippen LogP contribution in [0, 0.1) is 4.91 Å². The summed E-state index contributed by atoms with van der Waals surface area (Å²) in [6.45, 7) is 1.64. The zero-order valence-corrected chi connectivity index (χ0v) is 9.92. The van der Waals surface area contributed by atoms with Crippen LogP contribution in [-0.2, 0) is 16.0 Å². The van der Waals surface area contributed by atoms with Gasteiger partial charge in [-0.05, 0) is 17.7 Å². The van der Waals surface area contributed by atoms with Crippen LogP contribution in [0.5, 0.6) is 5.75 Å². The molecule has 0 aliphatic rings. The van der Waals surface area contributed by atoms with Crippen molar-refractivity contribution in [2.45, 2.75) is 25.8 Å². The molecule has 0 saturated carbocycles. The first-order valence-electron chi connectivity index (χ1n) is 5.51. The molecular weight excluding hydrogens is 236 g/mol. The molecule has 1 aromatic carbocycles. The van der Waals surface area contributed by atoms with E-state index in [9.17, 15) is 14.5 Å². The van der Waals surface area contributed by atoms with E-state index in [0.717, 1.165) is 0 Å². The third-order valence-electron chi connectivity index (χ3n) is 2.42. The van der Waals surface area contributed by atoms with Crippen LogP contribution in [-0.4, -0.2) is 23.0 Å². The molecule has 0 saturated heterocycles. The maximum absolute atomic E-state index is 11.3. The number of phenols is 1. The maximum atomic E-state index is 11.3. The molecule has 0 aliphatic carbocycles. The number of nitroso groups, excluding NO2 is 1. The van der Waals surface area contributed by atoms with Gasteiger partial charge in [-0.3, -0.25) is 9.59 Å². The van der Waals surface area contributed by atoms with Crippen molar-refractivity contribution < 1.29 is 14.7 Å². The van der Waals surface area contributed by atoms with Gasteiger partial charge in [0.2, 0.25) is 5.91 Å². The van der Waals surface area contributed by atoms with Crippen LogP contribution < -0.4 is 5.32 Å². The summed E-state index contributed by atoms with van der Waals surface area (Å²) in [5.74, 6) is -1.13. The predicted octanol–water partition coefficient (Wildman–Crippen LogP) is 1.12. The van der Waals surface area contributed by atoms with Crippen LogP contribution in [0.2, 0.25) is 0 Å². The molecule has 18 heavy (non-hydrogen) atoms. The minimum atomic E-state index is -0.959. The van der Waals surface area contributed by atoms with Crippen molar-refractivity contribution in [2.75, 3.05) is 0 Å². The summed E-state index contributed by atoms with van der Waals surface area (Å²) in [5.41, 5.74) is 0.714. The molecule has 0 bridgehead atoms. The molecule has 0 aliphatic heterocycles. The Morgan fingerprint density at radius 1 is 1.33 bits per heavy atom. The molecule has 2 N–H and O–H groups in total. The molecule has 0 radical (unpaired) electrons. The highest BCUT2D eigenvalue weighted by Crippen LogP contribution is 2.11. The number of hydrogen-bond acceptors (Lipinski definition) is 4. The molecule has 2 amide bonds. The van der Waals surface area contributed by atoms with Gasteiger partial charge in [-0.1, -0.05) is 19.1 Å². The van der Waals surface area contributed by atoms with Crippen molar-refractivity contribution in [2.24, 2.45) is 5.18 Å². The van der Waals surface area contributed by atoms with E-state index >= 15 is 0 Å². The summed E-state index contributed by atoms with van der Waals surface area (Å²) in [6.07, 6.45) is 0.384. The van der Waals surface area contributed by atoms with Gasteiger partial charge in [0.25, 0.3) is 0 Å². The molecule has 0 aromatic heterocycles. The number of phenolic OH excluding ortho intramolecular Hbond substituents is 1. The largest absolute Gasteiger partial charge is 0.508 e. The first-order chi connectivity index (χ1) is 8.56. The summed E-state index contributed by atoms with van der Waals surface area (Å²) < 4.78 is 0. The van der Waals surface area contributed by atoms with Crippen LogP contribution in [0.4, 0.5) is 0 Å². The average molecular weight is 250 g/mol. The fourth-order valence-electron chi connectivity index (χ4n) is 1.43. The van der Waals surface area contributed by atoms with Gasteiger partial charge >= 0.3 is 5.91 Å². The van der Waals surface area contributed by atoms with Gasteiger partial charge in [0.05, 0.1) is 0 Å². The third-order valence-corrected chi connectivity index (χ3v) is 2.42. The van der Waals surface area contributed by atoms with Gasteiger partial charge < -0.3 is 10.4 Å². The Bertz CT molecular complexity index is 442. The van der Waals surface area contributed by atoms with Crippen LogP contribution in [0.3, 0.4) is 0 Å². The topological polar surface area (TPSA) is 95.8 Å². The summed E-state index contributed by atoms with van der Waals surface area (Å²) >= 11 is 0. The standard InChI is InChI=1S/C12H14N2O4/c1-2-11(16)13-10(12(17)14-18)7-8-3-5-9(15)6-4-8/h3-6,10,15H,2,7H2,1H3,(H,13,16). The minimum absolute atomic E-state index is 0.104. The lowest BCUT2D eigenvalue weighted by molar-refractivity contribution is -0.127. The van der Waals surface area contributed by atoms with Gasteiger partial charge in [0.15, 0.2) is 0 Å². The normalized spacial score (nSPS) is 11.6. The van der Waals surface area contributed by atoms with E-state index in [-0.39, 0.29) is 24.5 Å². The molecule has 0 spiro atoms. The van der Waals surface area contributed by atoms with E-state index in [1.807, 2.05) is 0 Å². The lowest BCUT2D eigenvalue weighted by Gasteiger charge is -2.13. The first-order valence-corrected chi connectivity index (χ1v) is 5.51. The number of benzene rings is 1. The number of carbonyl (C=O) groups excluding carboxylic acids is 2. The molecular formula is C12H14N2O4. The van der Waals surface area contributed by atoms with Gasteiger partial charge in [0, 0.05) is 18.0 Å². The number of rotatable bonds is 5. The highest BCUT2D eigenvalue weighted by molar-refractivity contribution is 5.88. The highest BCUT2D eigenvalue weighted by atomic mass is 16.3. The number of nitrogens with zero attached hydrogens (tertiary/aromatic N) is 1. The number of amides is 2. The van der Waals surface area contributed by atoms with E-state index in [4.69, 9.17) is 5.11 Å². The SMILES string of the molecule is CCC(=O)NC(Cc1ccc(O)cc1)C(=O)N=O. The molecule has 0 fully saturated rings. The smallest absolute Gasteiger partial charge is 0.308 e. The van der Waals surface area contributed by atoms with Gasteiger partial charge in [-0.25, -0.2) is 0 Å². The summed E-state index contributed by atoms with van der Waals surface area (Å²) in [6, 6.07) is 5.19. The molecule has 6 heteroatoms. The van der Waals surface area contributed by atoms with Crippen molar-refractivity contribution in [1.29, 1.82) is 0 Å². The summed E-state index contributed by atoms with van der Waals surface area (Å²) in [5, 5.41) is 13.9. The molecule has 1 aromatic rings. The van der Waals surface area contributed by atoms with Crippen molar-refractivity contribution in [3.8, 4) is 5.75 Å². The maximum Gasteiger partial charge on any atom is 0.308 e. The van der Waals surface area contributed by atoms with Crippen LogP contribution in [0.25, 0.3) is 0 Å². The quantitative estimate of drug-likeness (QED) is 0.765. The predicted molar refractivity (Wildman–Crippen MR) is 64.8 cm³/mol. The van der Waals surface area contributed by atoms with Crippen molar-refractivity contribution in [3.05, 3.63) is 34.7 Å². The second-order valence-corrected chi connectivity index (χ2v) is 3.77. The lowest BCUT2D eigenvalue weighted by Crippen LogP contribution is -2.41. The number of aromatic hydroxyl groups is 1. The Morgan fingerprint density at radius 2 is 1.94 bits per heavy atom. The van der Waals surface area contributed by atoms with Gasteiger partial charge in [0.1, 0.15) is 11.8 Å². The van der Waals surface area contributed by atoms with E-state index in [1.54, 1.807) is 19.1 Å². The zero-order valence-electron chi connectivity index (χ0n) is 9.92. The Kier molecular flexibility index (Phi) is 4.98. The Morgan fingerprint density at radius 3 is 2.44 bits per heavy atom. The summed E-state index contributed by atoms with van der Waals surface area (Å²) in [4.78, 5) is 32.8. The minimum Gasteiger partial charge on any atom is -0.508 e. The van der Waals surface area contributed by atoms with E-state index in [0.29, 0.717) is 5.56 Å². The fourth-order valence-corrected chi connectivity index (χ4v) is 1.43. The second kappa shape index (κ2) is 6.48. The van der Waals surface area contributed by atoms with E-state index < -0.39 is 11.9 Å². The Balaban J connectivity index is 2.77. The average Bonchev–Trinajstić information content (AvgIpc) is 2.39. The molecule has 1 atom stereocenters. The van der Waals surface area contributed by atoms with E-state index in [2.05, 4.69) is 10.5 Å². The Labute approximate surface area is 104 Å². The molecule has 6 nitrogen and oxygen atoms in total. The van der Waals surface area contributed by atoms with Crippen molar-refractivity contribution in [1.82, 2.24) is 5.32 Å². The number of hydrogen-bond donors (Lipinski definition) is 2. The van der Waals surface area contributed by atoms with Gasteiger partial charge in [-0.15, -0.1) is 4.91 Å².